The van der Waals surface area contributed by atoms with E-state index in [9.17, 15) is 0 Å². The first-order valence-electron chi connectivity index (χ1n) is 6.28. The molecule has 0 amide bonds. The molecule has 1 saturated carbocycles. The van der Waals surface area contributed by atoms with Crippen molar-refractivity contribution in [3.8, 4) is 5.75 Å². The molecule has 4 nitrogen and oxygen atoms in total. The van der Waals surface area contributed by atoms with Gasteiger partial charge in [-0.1, -0.05) is 12.1 Å². The summed E-state index contributed by atoms with van der Waals surface area (Å²) in [4.78, 5) is 6.49. The monoisotopic (exact) mass is 247 g/mol. The SMILES string of the molecule is COc1cc(C)ccc1CN=C(N)N(C)C1CC1. The molecule has 18 heavy (non-hydrogen) atoms. The van der Waals surface area contributed by atoms with Crippen LogP contribution in [0.1, 0.15) is 24.0 Å². The van der Waals surface area contributed by atoms with Gasteiger partial charge in [-0.25, -0.2) is 4.99 Å². The van der Waals surface area contributed by atoms with Crippen LogP contribution >= 0.6 is 0 Å². The Morgan fingerprint density at radius 1 is 1.50 bits per heavy atom. The fourth-order valence-corrected chi connectivity index (χ4v) is 1.91. The number of rotatable bonds is 4. The third-order valence-corrected chi connectivity index (χ3v) is 3.31. The van der Waals surface area contributed by atoms with Crippen molar-refractivity contribution in [1.82, 2.24) is 4.90 Å². The first kappa shape index (κ1) is 12.7. The molecule has 98 valence electrons. The normalized spacial score (nSPS) is 15.6. The Hall–Kier alpha value is -1.71. The molecule has 0 saturated heterocycles. The zero-order chi connectivity index (χ0) is 13.1. The Morgan fingerprint density at radius 2 is 2.22 bits per heavy atom. The van der Waals surface area contributed by atoms with Crippen LogP contribution in [0.4, 0.5) is 0 Å². The highest BCUT2D eigenvalue weighted by atomic mass is 16.5. The third-order valence-electron chi connectivity index (χ3n) is 3.31. The molecule has 0 heterocycles. The fourth-order valence-electron chi connectivity index (χ4n) is 1.91. The van der Waals surface area contributed by atoms with Gasteiger partial charge in [-0.2, -0.15) is 0 Å². The lowest BCUT2D eigenvalue weighted by Crippen LogP contribution is -2.35. The van der Waals surface area contributed by atoms with Crippen molar-refractivity contribution in [2.45, 2.75) is 32.4 Å². The molecule has 4 heteroatoms. The van der Waals surface area contributed by atoms with Gasteiger partial charge in [0.15, 0.2) is 5.96 Å². The average molecular weight is 247 g/mol. The predicted molar refractivity (Wildman–Crippen MR) is 73.8 cm³/mol. The Labute approximate surface area is 108 Å². The lowest BCUT2D eigenvalue weighted by molar-refractivity contribution is 0.409. The lowest BCUT2D eigenvalue weighted by Gasteiger charge is -2.17. The largest absolute Gasteiger partial charge is 0.496 e. The van der Waals surface area contributed by atoms with Crippen molar-refractivity contribution < 1.29 is 4.74 Å². The minimum Gasteiger partial charge on any atom is -0.496 e. The van der Waals surface area contributed by atoms with Gasteiger partial charge in [-0.3, -0.25) is 0 Å². The maximum absolute atomic E-state index is 5.96. The van der Waals surface area contributed by atoms with Crippen molar-refractivity contribution in [1.29, 1.82) is 0 Å². The molecule has 0 aromatic heterocycles. The standard InChI is InChI=1S/C14H21N3O/c1-10-4-5-11(13(8-10)18-3)9-16-14(15)17(2)12-6-7-12/h4-5,8,12H,6-7,9H2,1-3H3,(H2,15,16). The van der Waals surface area contributed by atoms with E-state index in [1.165, 1.54) is 18.4 Å². The van der Waals surface area contributed by atoms with Crippen molar-refractivity contribution in [3.63, 3.8) is 0 Å². The van der Waals surface area contributed by atoms with Gasteiger partial charge >= 0.3 is 0 Å². The van der Waals surface area contributed by atoms with E-state index in [4.69, 9.17) is 10.5 Å². The van der Waals surface area contributed by atoms with Gasteiger partial charge in [0.25, 0.3) is 0 Å². The maximum atomic E-state index is 5.96. The number of methoxy groups -OCH3 is 1. The van der Waals surface area contributed by atoms with E-state index in [0.29, 0.717) is 18.5 Å². The minimum absolute atomic E-state index is 0.562. The van der Waals surface area contributed by atoms with Gasteiger partial charge in [0, 0.05) is 18.7 Å². The quantitative estimate of drug-likeness (QED) is 0.653. The van der Waals surface area contributed by atoms with Crippen molar-refractivity contribution in [3.05, 3.63) is 29.3 Å². The zero-order valence-corrected chi connectivity index (χ0v) is 11.3. The van der Waals surface area contributed by atoms with E-state index < -0.39 is 0 Å². The van der Waals surface area contributed by atoms with Gasteiger partial charge < -0.3 is 15.4 Å². The molecule has 0 spiro atoms. The van der Waals surface area contributed by atoms with E-state index in [1.807, 2.05) is 26.1 Å². The zero-order valence-electron chi connectivity index (χ0n) is 11.3. The highest BCUT2D eigenvalue weighted by Crippen LogP contribution is 2.25. The fraction of sp³-hybridized carbons (Fsp3) is 0.500. The highest BCUT2D eigenvalue weighted by molar-refractivity contribution is 5.78. The molecule has 2 rings (SSSR count). The maximum Gasteiger partial charge on any atom is 0.191 e. The van der Waals surface area contributed by atoms with E-state index >= 15 is 0 Å². The second-order valence-electron chi connectivity index (χ2n) is 4.83. The first-order chi connectivity index (χ1) is 8.61. The van der Waals surface area contributed by atoms with Crippen LogP contribution in [0.2, 0.25) is 0 Å². The van der Waals surface area contributed by atoms with Crippen LogP contribution in [0.3, 0.4) is 0 Å². The van der Waals surface area contributed by atoms with Gasteiger partial charge in [-0.15, -0.1) is 0 Å². The third kappa shape index (κ3) is 2.94. The highest BCUT2D eigenvalue weighted by Gasteiger charge is 2.27. The second-order valence-corrected chi connectivity index (χ2v) is 4.83. The molecule has 2 N–H and O–H groups in total. The van der Waals surface area contributed by atoms with Crippen molar-refractivity contribution in [2.24, 2.45) is 10.7 Å². The summed E-state index contributed by atoms with van der Waals surface area (Å²) in [7, 11) is 3.69. The Bertz CT molecular complexity index is 452. The van der Waals surface area contributed by atoms with Crippen LogP contribution in [0.15, 0.2) is 23.2 Å². The smallest absolute Gasteiger partial charge is 0.191 e. The van der Waals surface area contributed by atoms with Crippen LogP contribution in [-0.4, -0.2) is 31.1 Å². The van der Waals surface area contributed by atoms with Crippen molar-refractivity contribution in [2.75, 3.05) is 14.2 Å². The molecule has 0 aliphatic heterocycles. The Morgan fingerprint density at radius 3 is 2.83 bits per heavy atom. The summed E-state index contributed by atoms with van der Waals surface area (Å²) in [5.41, 5.74) is 8.21. The topological polar surface area (TPSA) is 50.9 Å². The van der Waals surface area contributed by atoms with Crippen LogP contribution in [0, 0.1) is 6.92 Å². The van der Waals surface area contributed by atoms with Crippen LogP contribution in [0.25, 0.3) is 0 Å². The summed E-state index contributed by atoms with van der Waals surface area (Å²) in [5.74, 6) is 1.49. The van der Waals surface area contributed by atoms with Crippen LogP contribution in [-0.2, 0) is 6.54 Å². The molecule has 1 fully saturated rings. The number of aryl methyl sites for hydroxylation is 1. The van der Waals surface area contributed by atoms with Crippen molar-refractivity contribution >= 4 is 5.96 Å². The number of nitrogens with two attached hydrogens (primary N) is 1. The van der Waals surface area contributed by atoms with E-state index in [2.05, 4.69) is 16.0 Å². The second kappa shape index (κ2) is 5.29. The molecule has 0 unspecified atom stereocenters. The Balaban J connectivity index is 2.06. The molecule has 1 aromatic carbocycles. The summed E-state index contributed by atoms with van der Waals surface area (Å²) in [6.45, 7) is 2.61. The molecule has 1 aliphatic rings. The van der Waals surface area contributed by atoms with Gasteiger partial charge in [0.1, 0.15) is 5.75 Å². The average Bonchev–Trinajstić information content (AvgIpc) is 3.20. The van der Waals surface area contributed by atoms with Crippen LogP contribution < -0.4 is 10.5 Å². The molecular weight excluding hydrogens is 226 g/mol. The molecule has 0 radical (unpaired) electrons. The van der Waals surface area contributed by atoms with E-state index in [-0.39, 0.29) is 0 Å². The summed E-state index contributed by atoms with van der Waals surface area (Å²) >= 11 is 0. The van der Waals surface area contributed by atoms with Crippen LogP contribution in [0.5, 0.6) is 5.75 Å². The first-order valence-corrected chi connectivity index (χ1v) is 6.28. The van der Waals surface area contributed by atoms with E-state index in [1.54, 1.807) is 7.11 Å². The van der Waals surface area contributed by atoms with E-state index in [0.717, 1.165) is 11.3 Å². The number of aliphatic imine (C=N–C) groups is 1. The molecule has 1 aromatic rings. The van der Waals surface area contributed by atoms with Gasteiger partial charge in [0.2, 0.25) is 0 Å². The number of ether oxygens (including phenoxy) is 1. The minimum atomic E-state index is 0.562. The summed E-state index contributed by atoms with van der Waals surface area (Å²) in [5, 5.41) is 0. The number of hydrogen-bond acceptors (Lipinski definition) is 2. The summed E-state index contributed by atoms with van der Waals surface area (Å²) < 4.78 is 5.36. The molecule has 1 aliphatic carbocycles. The molecule has 0 atom stereocenters. The van der Waals surface area contributed by atoms with Gasteiger partial charge in [-0.05, 0) is 31.4 Å². The number of guanidine groups is 1. The number of nitrogens with zero attached hydrogens (tertiary/aromatic N) is 2. The molecule has 0 bridgehead atoms. The lowest BCUT2D eigenvalue weighted by atomic mass is 10.1. The summed E-state index contributed by atoms with van der Waals surface area (Å²) in [6, 6.07) is 6.72. The molecular formula is C14H21N3O. The Kier molecular flexibility index (Phi) is 3.75. The number of benzene rings is 1. The predicted octanol–water partition coefficient (Wildman–Crippen LogP) is 1.91. The van der Waals surface area contributed by atoms with Gasteiger partial charge in [0.05, 0.1) is 13.7 Å². The number of hydrogen-bond donors (Lipinski definition) is 1. The summed E-state index contributed by atoms with van der Waals surface area (Å²) in [6.07, 6.45) is 2.45.